The first-order chi connectivity index (χ1) is 8.69. The fourth-order valence-corrected chi connectivity index (χ4v) is 2.45. The van der Waals surface area contributed by atoms with Gasteiger partial charge in [-0.25, -0.2) is 4.98 Å². The predicted octanol–water partition coefficient (Wildman–Crippen LogP) is 2.40. The summed E-state index contributed by atoms with van der Waals surface area (Å²) in [6.07, 6.45) is 2.95. The van der Waals surface area contributed by atoms with E-state index in [1.165, 1.54) is 4.88 Å². The van der Waals surface area contributed by atoms with Crippen molar-refractivity contribution in [2.75, 3.05) is 0 Å². The summed E-state index contributed by atoms with van der Waals surface area (Å²) in [6, 6.07) is 3.48. The van der Waals surface area contributed by atoms with Gasteiger partial charge < -0.3 is 10.4 Å². The van der Waals surface area contributed by atoms with Gasteiger partial charge in [0.2, 0.25) is 0 Å². The molecule has 0 aromatic carbocycles. The Kier molecular flexibility index (Phi) is 4.28. The molecule has 4 nitrogen and oxygen atoms in total. The van der Waals surface area contributed by atoms with E-state index in [0.717, 1.165) is 17.1 Å². The maximum atomic E-state index is 9.66. The number of nitrogens with one attached hydrogen (secondary N) is 1. The Bertz CT molecular complexity index is 525. The summed E-state index contributed by atoms with van der Waals surface area (Å²) in [7, 11) is 0. The summed E-state index contributed by atoms with van der Waals surface area (Å²) < 4.78 is 0. The largest absolute Gasteiger partial charge is 0.506 e. The number of hydrogen-bond acceptors (Lipinski definition) is 5. The van der Waals surface area contributed by atoms with Crippen LogP contribution in [0, 0.1) is 6.92 Å². The van der Waals surface area contributed by atoms with E-state index in [-0.39, 0.29) is 5.75 Å². The Labute approximate surface area is 111 Å². The van der Waals surface area contributed by atoms with Gasteiger partial charge in [0.05, 0.1) is 5.69 Å². The average Bonchev–Trinajstić information content (AvgIpc) is 2.81. The summed E-state index contributed by atoms with van der Waals surface area (Å²) in [5, 5.41) is 14.0. The Morgan fingerprint density at radius 3 is 2.89 bits per heavy atom. The van der Waals surface area contributed by atoms with Gasteiger partial charge in [-0.05, 0) is 25.5 Å². The van der Waals surface area contributed by atoms with E-state index in [4.69, 9.17) is 0 Å². The Balaban J connectivity index is 1.90. The molecule has 0 spiro atoms. The molecule has 5 heteroatoms. The van der Waals surface area contributed by atoms with Crippen molar-refractivity contribution >= 4 is 11.3 Å². The molecule has 0 saturated carbocycles. The first-order valence-corrected chi connectivity index (χ1v) is 6.80. The van der Waals surface area contributed by atoms with Crippen LogP contribution in [0.3, 0.4) is 0 Å². The fraction of sp³-hybridized carbons (Fsp3) is 0.385. The highest BCUT2D eigenvalue weighted by atomic mass is 32.1. The maximum Gasteiger partial charge on any atom is 0.138 e. The van der Waals surface area contributed by atoms with Gasteiger partial charge in [-0.3, -0.25) is 4.98 Å². The second-order valence-electron chi connectivity index (χ2n) is 4.10. The molecule has 2 aromatic rings. The molecule has 0 bridgehead atoms. The van der Waals surface area contributed by atoms with E-state index in [1.807, 2.05) is 13.1 Å². The molecule has 0 saturated heterocycles. The number of rotatable bonds is 5. The van der Waals surface area contributed by atoms with Gasteiger partial charge in [-0.2, -0.15) is 0 Å². The van der Waals surface area contributed by atoms with Crippen LogP contribution in [0.5, 0.6) is 5.75 Å². The topological polar surface area (TPSA) is 58.0 Å². The normalized spacial score (nSPS) is 10.8. The fourth-order valence-electron chi connectivity index (χ4n) is 1.61. The number of pyridine rings is 1. The van der Waals surface area contributed by atoms with E-state index < -0.39 is 0 Å². The molecule has 18 heavy (non-hydrogen) atoms. The second kappa shape index (κ2) is 5.93. The lowest BCUT2D eigenvalue weighted by molar-refractivity contribution is 0.459. The quantitative estimate of drug-likeness (QED) is 0.869. The lowest BCUT2D eigenvalue weighted by Crippen LogP contribution is -2.13. The molecular weight excluding hydrogens is 246 g/mol. The molecule has 0 unspecified atom stereocenters. The van der Waals surface area contributed by atoms with Crippen LogP contribution in [0.2, 0.25) is 0 Å². The lowest BCUT2D eigenvalue weighted by Gasteiger charge is -2.05. The van der Waals surface area contributed by atoms with Crippen molar-refractivity contribution in [1.82, 2.24) is 15.3 Å². The Hall–Kier alpha value is -1.46. The summed E-state index contributed by atoms with van der Waals surface area (Å²) in [5.41, 5.74) is 1.59. The number of thiazole rings is 1. The van der Waals surface area contributed by atoms with Crippen LogP contribution >= 0.6 is 11.3 Å². The van der Waals surface area contributed by atoms with E-state index in [1.54, 1.807) is 23.5 Å². The second-order valence-corrected chi connectivity index (χ2v) is 5.30. The minimum absolute atomic E-state index is 0.237. The molecule has 0 atom stereocenters. The average molecular weight is 263 g/mol. The van der Waals surface area contributed by atoms with Gasteiger partial charge >= 0.3 is 0 Å². The molecule has 2 N–H and O–H groups in total. The Morgan fingerprint density at radius 1 is 1.33 bits per heavy atom. The Morgan fingerprint density at radius 2 is 2.17 bits per heavy atom. The summed E-state index contributed by atoms with van der Waals surface area (Å²) >= 11 is 1.72. The van der Waals surface area contributed by atoms with Crippen molar-refractivity contribution in [3.05, 3.63) is 39.6 Å². The number of aromatic hydroxyl groups is 1. The zero-order valence-corrected chi connectivity index (χ0v) is 11.4. The third kappa shape index (κ3) is 3.27. The van der Waals surface area contributed by atoms with Crippen molar-refractivity contribution in [1.29, 1.82) is 0 Å². The zero-order chi connectivity index (χ0) is 13.0. The monoisotopic (exact) mass is 263 g/mol. The van der Waals surface area contributed by atoms with Gasteiger partial charge in [0, 0.05) is 29.9 Å². The summed E-state index contributed by atoms with van der Waals surface area (Å²) in [6.45, 7) is 5.30. The smallest absolute Gasteiger partial charge is 0.138 e. The molecule has 2 heterocycles. The van der Waals surface area contributed by atoms with Crippen LogP contribution in [-0.2, 0) is 19.5 Å². The van der Waals surface area contributed by atoms with E-state index in [0.29, 0.717) is 18.8 Å². The number of hydrogen-bond donors (Lipinski definition) is 2. The molecule has 0 amide bonds. The molecule has 0 radical (unpaired) electrons. The highest BCUT2D eigenvalue weighted by Crippen LogP contribution is 2.15. The lowest BCUT2D eigenvalue weighted by atomic mass is 10.3. The van der Waals surface area contributed by atoms with Crippen molar-refractivity contribution in [3.63, 3.8) is 0 Å². The highest BCUT2D eigenvalue weighted by molar-refractivity contribution is 7.11. The van der Waals surface area contributed by atoms with Gasteiger partial charge in [0.1, 0.15) is 10.8 Å². The SMILES string of the molecule is CCc1cnc(CNCc2nc(C)ccc2O)s1. The van der Waals surface area contributed by atoms with Crippen LogP contribution in [0.1, 0.15) is 28.2 Å². The van der Waals surface area contributed by atoms with Gasteiger partial charge in [0.15, 0.2) is 0 Å². The molecule has 0 aliphatic carbocycles. The molecule has 2 rings (SSSR count). The number of nitrogens with zero attached hydrogens (tertiary/aromatic N) is 2. The molecule has 0 aliphatic rings. The third-order valence-corrected chi connectivity index (χ3v) is 3.75. The number of aromatic nitrogens is 2. The minimum Gasteiger partial charge on any atom is -0.506 e. The molecular formula is C13H17N3OS. The standard InChI is InChI=1S/C13H17N3OS/c1-3-10-6-15-13(18-10)8-14-7-11-12(17)5-4-9(2)16-11/h4-6,14,17H,3,7-8H2,1-2H3. The molecule has 0 fully saturated rings. The first-order valence-electron chi connectivity index (χ1n) is 5.99. The van der Waals surface area contributed by atoms with Crippen molar-refractivity contribution in [3.8, 4) is 5.75 Å². The molecule has 96 valence electrons. The first kappa shape index (κ1) is 13.0. The zero-order valence-electron chi connectivity index (χ0n) is 10.6. The van der Waals surface area contributed by atoms with Crippen LogP contribution in [0.15, 0.2) is 18.3 Å². The van der Waals surface area contributed by atoms with Crippen LogP contribution in [0.25, 0.3) is 0 Å². The van der Waals surface area contributed by atoms with Crippen LogP contribution < -0.4 is 5.32 Å². The van der Waals surface area contributed by atoms with Crippen molar-refractivity contribution < 1.29 is 5.11 Å². The number of aryl methyl sites for hydroxylation is 2. The minimum atomic E-state index is 0.237. The summed E-state index contributed by atoms with van der Waals surface area (Å²) in [4.78, 5) is 9.92. The van der Waals surface area contributed by atoms with E-state index in [2.05, 4.69) is 22.2 Å². The summed E-state index contributed by atoms with van der Waals surface area (Å²) in [5.74, 6) is 0.237. The predicted molar refractivity (Wildman–Crippen MR) is 72.7 cm³/mol. The highest BCUT2D eigenvalue weighted by Gasteiger charge is 2.04. The van der Waals surface area contributed by atoms with Crippen LogP contribution in [-0.4, -0.2) is 15.1 Å². The maximum absolute atomic E-state index is 9.66. The van der Waals surface area contributed by atoms with Gasteiger partial charge in [0.25, 0.3) is 0 Å². The third-order valence-electron chi connectivity index (χ3n) is 2.61. The van der Waals surface area contributed by atoms with Crippen molar-refractivity contribution in [2.24, 2.45) is 0 Å². The van der Waals surface area contributed by atoms with Crippen LogP contribution in [0.4, 0.5) is 0 Å². The van der Waals surface area contributed by atoms with Gasteiger partial charge in [-0.15, -0.1) is 11.3 Å². The van der Waals surface area contributed by atoms with Crippen molar-refractivity contribution in [2.45, 2.75) is 33.4 Å². The molecule has 0 aliphatic heterocycles. The molecule has 2 aromatic heterocycles. The van der Waals surface area contributed by atoms with E-state index in [9.17, 15) is 5.11 Å². The van der Waals surface area contributed by atoms with Gasteiger partial charge in [-0.1, -0.05) is 6.92 Å². The van der Waals surface area contributed by atoms with E-state index >= 15 is 0 Å².